The smallest absolute Gasteiger partial charge is 0.254 e. The minimum atomic E-state index is -0.803. The number of aromatic nitrogens is 2. The summed E-state index contributed by atoms with van der Waals surface area (Å²) in [6.45, 7) is 10.3. The number of nitrogens with one attached hydrogen (secondary N) is 3. The van der Waals surface area contributed by atoms with E-state index in [0.29, 0.717) is 28.0 Å². The number of H-pyrrole nitrogens is 1. The van der Waals surface area contributed by atoms with Crippen LogP contribution in [-0.4, -0.2) is 101 Å². The Kier molecular flexibility index (Phi) is 10.9. The zero-order valence-corrected chi connectivity index (χ0v) is 28.2. The van der Waals surface area contributed by atoms with Crippen molar-refractivity contribution < 1.29 is 19.4 Å². The Hall–Kier alpha value is -3.64. The van der Waals surface area contributed by atoms with Gasteiger partial charge in [-0.25, -0.2) is 4.98 Å². The Morgan fingerprint density at radius 3 is 2.76 bits per heavy atom. The van der Waals surface area contributed by atoms with Crippen molar-refractivity contribution in [2.24, 2.45) is 0 Å². The number of fused-ring (bicyclic) bond motifs is 1. The monoisotopic (exact) mass is 646 g/mol. The van der Waals surface area contributed by atoms with Crippen LogP contribution < -0.4 is 15.4 Å². The number of aryl methyl sites for hydroxylation is 2. The van der Waals surface area contributed by atoms with Gasteiger partial charge in [0.1, 0.15) is 30.2 Å². The van der Waals surface area contributed by atoms with Gasteiger partial charge in [0, 0.05) is 48.8 Å². The van der Waals surface area contributed by atoms with E-state index in [2.05, 4.69) is 59.5 Å². The highest BCUT2D eigenvalue weighted by atomic mass is 32.2. The van der Waals surface area contributed by atoms with E-state index in [1.165, 1.54) is 5.56 Å². The summed E-state index contributed by atoms with van der Waals surface area (Å²) in [4.78, 5) is 39.0. The number of benzene rings is 2. The van der Waals surface area contributed by atoms with E-state index >= 15 is 0 Å². The fourth-order valence-corrected chi connectivity index (χ4v) is 6.96. The van der Waals surface area contributed by atoms with Crippen LogP contribution in [0.4, 0.5) is 0 Å². The minimum Gasteiger partial charge on any atom is -0.490 e. The molecular formula is C35H46N6O4S. The molecule has 46 heavy (non-hydrogen) atoms. The average molecular weight is 647 g/mol. The van der Waals surface area contributed by atoms with E-state index in [-0.39, 0.29) is 31.0 Å². The van der Waals surface area contributed by atoms with Gasteiger partial charge in [0.2, 0.25) is 5.91 Å². The Labute approximate surface area is 275 Å². The molecule has 2 aromatic carbocycles. The minimum absolute atomic E-state index is 0.0635. The van der Waals surface area contributed by atoms with Gasteiger partial charge in [-0.2, -0.15) is 11.8 Å². The van der Waals surface area contributed by atoms with Crippen LogP contribution in [0.1, 0.15) is 57.2 Å². The van der Waals surface area contributed by atoms with Crippen molar-refractivity contribution in [3.8, 4) is 5.75 Å². The third-order valence-corrected chi connectivity index (χ3v) is 9.55. The van der Waals surface area contributed by atoms with Crippen LogP contribution >= 0.6 is 11.8 Å². The van der Waals surface area contributed by atoms with E-state index < -0.39 is 18.1 Å². The maximum Gasteiger partial charge on any atom is 0.254 e. The second-order valence-electron chi connectivity index (χ2n) is 12.5. The molecule has 2 amide bonds. The summed E-state index contributed by atoms with van der Waals surface area (Å²) in [5, 5.41) is 17.0. The number of nitrogens with zero attached hydrogens (tertiary/aromatic N) is 3. The van der Waals surface area contributed by atoms with E-state index in [9.17, 15) is 14.7 Å². The quantitative estimate of drug-likeness (QED) is 0.233. The number of rotatable bonds is 12. The topological polar surface area (TPSA) is 123 Å². The van der Waals surface area contributed by atoms with Crippen LogP contribution in [0.15, 0.2) is 43.1 Å². The maximum absolute atomic E-state index is 13.6. The van der Waals surface area contributed by atoms with Gasteiger partial charge in [0.15, 0.2) is 0 Å². The van der Waals surface area contributed by atoms with Crippen LogP contribution in [-0.2, 0) is 10.5 Å². The molecule has 3 atom stereocenters. The van der Waals surface area contributed by atoms with E-state index in [1.807, 2.05) is 31.0 Å². The fourth-order valence-electron chi connectivity index (χ4n) is 6.43. The highest BCUT2D eigenvalue weighted by Gasteiger charge is 2.34. The number of piperidine rings is 1. The number of amides is 2. The van der Waals surface area contributed by atoms with Crippen molar-refractivity contribution in [1.82, 2.24) is 30.4 Å². The molecule has 3 unspecified atom stereocenters. The lowest BCUT2D eigenvalue weighted by Gasteiger charge is -2.35. The summed E-state index contributed by atoms with van der Waals surface area (Å²) in [6.07, 6.45) is 8.26. The summed E-state index contributed by atoms with van der Waals surface area (Å²) >= 11 is 1.73. The van der Waals surface area contributed by atoms with Crippen LogP contribution in [0.25, 0.3) is 17.1 Å². The Morgan fingerprint density at radius 2 is 2.04 bits per heavy atom. The molecule has 0 saturated carbocycles. The molecule has 1 saturated heterocycles. The zero-order chi connectivity index (χ0) is 33.0. The number of thioether (sulfide) groups is 1. The molecule has 0 aliphatic carbocycles. The van der Waals surface area contributed by atoms with Crippen LogP contribution in [0.3, 0.4) is 0 Å². The van der Waals surface area contributed by atoms with Crippen molar-refractivity contribution in [2.45, 2.75) is 56.5 Å². The predicted octanol–water partition coefficient (Wildman–Crippen LogP) is 3.98. The molecule has 0 bridgehead atoms. The van der Waals surface area contributed by atoms with Crippen molar-refractivity contribution in [3.05, 3.63) is 76.8 Å². The second-order valence-corrected chi connectivity index (χ2v) is 13.3. The van der Waals surface area contributed by atoms with Gasteiger partial charge < -0.3 is 35.3 Å². The van der Waals surface area contributed by atoms with Crippen LogP contribution in [0.2, 0.25) is 0 Å². The number of carbonyl (C=O) groups is 2. The molecule has 2 aliphatic heterocycles. The third kappa shape index (κ3) is 7.49. The van der Waals surface area contributed by atoms with E-state index in [0.717, 1.165) is 48.6 Å². The zero-order valence-electron chi connectivity index (χ0n) is 27.4. The Morgan fingerprint density at radius 1 is 1.28 bits per heavy atom. The molecule has 1 aromatic heterocycles. The Balaban J connectivity index is 1.30. The lowest BCUT2D eigenvalue weighted by Crippen LogP contribution is -2.47. The molecule has 11 heteroatoms. The molecule has 2 aliphatic rings. The van der Waals surface area contributed by atoms with Gasteiger partial charge in [-0.3, -0.25) is 9.59 Å². The molecule has 0 radical (unpaired) electrons. The van der Waals surface area contributed by atoms with Gasteiger partial charge in [-0.15, -0.1) is 0 Å². The van der Waals surface area contributed by atoms with Gasteiger partial charge in [0.25, 0.3) is 5.91 Å². The van der Waals surface area contributed by atoms with E-state index in [1.54, 1.807) is 30.1 Å². The first-order valence-corrected chi connectivity index (χ1v) is 17.2. The Bertz CT molecular complexity index is 1610. The number of aliphatic hydroxyl groups excluding tert-OH is 1. The first-order chi connectivity index (χ1) is 22.1. The lowest BCUT2D eigenvalue weighted by molar-refractivity contribution is -0.122. The summed E-state index contributed by atoms with van der Waals surface area (Å²) in [5.74, 6) is 1.15. The molecular weight excluding hydrogens is 600 g/mol. The van der Waals surface area contributed by atoms with Gasteiger partial charge in [0.05, 0.1) is 11.0 Å². The number of carbonyl (C=O) groups excluding carboxylic acids is 2. The lowest BCUT2D eigenvalue weighted by atomic mass is 9.95. The molecule has 246 valence electrons. The molecule has 3 aromatic rings. The third-order valence-electron chi connectivity index (χ3n) is 8.95. The van der Waals surface area contributed by atoms with Crippen molar-refractivity contribution in [2.75, 3.05) is 46.6 Å². The summed E-state index contributed by atoms with van der Waals surface area (Å²) in [5.41, 5.74) is 5.90. The second kappa shape index (κ2) is 14.8. The highest BCUT2D eigenvalue weighted by Crippen LogP contribution is 2.30. The fraction of sp³-hybridized carbons (Fsp3) is 0.457. The number of aliphatic hydroxyl groups is 1. The number of aromatic amines is 1. The normalized spacial score (nSPS) is 19.7. The van der Waals surface area contributed by atoms with E-state index in [4.69, 9.17) is 9.72 Å². The van der Waals surface area contributed by atoms with Crippen LogP contribution in [0, 0.1) is 13.8 Å². The average Bonchev–Trinajstić information content (AvgIpc) is 3.44. The number of hydrogen-bond donors (Lipinski definition) is 4. The largest absolute Gasteiger partial charge is 0.490 e. The number of likely N-dealkylation sites (tertiary alicyclic amines) is 1. The summed E-state index contributed by atoms with van der Waals surface area (Å²) in [7, 11) is 3.97. The highest BCUT2D eigenvalue weighted by molar-refractivity contribution is 7.97. The molecule has 10 nitrogen and oxygen atoms in total. The van der Waals surface area contributed by atoms with Crippen molar-refractivity contribution in [3.63, 3.8) is 0 Å². The molecule has 1 fully saturated rings. The number of imidazole rings is 1. The summed E-state index contributed by atoms with van der Waals surface area (Å²) in [6, 6.07) is 7.62. The number of ether oxygens (including phenoxy) is 1. The first-order valence-electron chi connectivity index (χ1n) is 15.8. The number of hydrogen-bond acceptors (Lipinski definition) is 8. The molecule has 0 spiro atoms. The van der Waals surface area contributed by atoms with Crippen molar-refractivity contribution in [1.29, 1.82) is 0 Å². The molecule has 4 N–H and O–H groups in total. The standard InChI is InChI=1S/C35H46N6O4S/c1-7-23-16-29-30(17-27(23)35(44)41(5)25-9-12-40(4)13-10-25)39-33(38-29)31-28(8-11-36-34(31)43)37-18-26(42)19-45-32-22(3)14-21(2)15-24(32)20-46-6/h7-8,11,14-17,25-26,28,31,37,42H,1,9-10,12-13,18-20H2,2-6H3,(H,36,43)(H,38,39). The summed E-state index contributed by atoms with van der Waals surface area (Å²) < 4.78 is 6.10. The van der Waals surface area contributed by atoms with Gasteiger partial charge in [-0.1, -0.05) is 36.4 Å². The molecule has 5 rings (SSSR count). The van der Waals surface area contributed by atoms with Crippen molar-refractivity contribution >= 4 is 40.7 Å². The van der Waals surface area contributed by atoms with Gasteiger partial charge in [-0.05, 0) is 76.3 Å². The SMILES string of the molecule is C=Cc1cc2[nH]c(C3C(=O)NC=CC3NCC(O)COc3c(C)cc(C)cc3CSC)nc2cc1C(=O)N(C)C1CCN(C)CC1. The molecule has 3 heterocycles. The van der Waals surface area contributed by atoms with Crippen LogP contribution in [0.5, 0.6) is 5.75 Å². The maximum atomic E-state index is 13.6. The van der Waals surface area contributed by atoms with Gasteiger partial charge >= 0.3 is 0 Å². The first kappa shape index (κ1) is 33.7. The predicted molar refractivity (Wildman–Crippen MR) is 185 cm³/mol.